The van der Waals surface area contributed by atoms with Crippen molar-refractivity contribution in [3.8, 4) is 0 Å². The molecule has 1 aromatic heterocycles. The average Bonchev–Trinajstić information content (AvgIpc) is 3.23. The maximum Gasteiger partial charge on any atom is 0.193 e. The Morgan fingerprint density at radius 2 is 1.96 bits per heavy atom. The van der Waals surface area contributed by atoms with Gasteiger partial charge in [-0.2, -0.15) is 5.10 Å². The Kier molecular flexibility index (Phi) is 7.47. The third kappa shape index (κ3) is 6.25. The predicted molar refractivity (Wildman–Crippen MR) is 112 cm³/mol. The molecule has 27 heavy (non-hydrogen) atoms. The lowest BCUT2D eigenvalue weighted by Crippen LogP contribution is -2.52. The molecule has 0 bridgehead atoms. The van der Waals surface area contributed by atoms with Crippen LogP contribution in [0.1, 0.15) is 12.0 Å². The molecule has 2 aromatic rings. The average molecular weight is 367 g/mol. The van der Waals surface area contributed by atoms with Crippen LogP contribution < -0.4 is 5.32 Å². The van der Waals surface area contributed by atoms with Gasteiger partial charge in [0.05, 0.1) is 0 Å². The number of aryl methyl sites for hydroxylation is 1. The van der Waals surface area contributed by atoms with Crippen LogP contribution in [0.25, 0.3) is 6.08 Å². The first-order chi connectivity index (χ1) is 13.3. The van der Waals surface area contributed by atoms with Crippen molar-refractivity contribution >= 4 is 12.0 Å². The molecule has 1 aliphatic heterocycles. The second-order valence-electron chi connectivity index (χ2n) is 6.70. The Bertz CT molecular complexity index is 700. The van der Waals surface area contributed by atoms with Crippen molar-refractivity contribution in [3.05, 3.63) is 60.4 Å². The molecule has 0 atom stereocenters. The SMILES string of the molecule is CN=C(NCCCn1cccn1)N1CCN(CC=Cc2ccccc2)CC1. The highest BCUT2D eigenvalue weighted by atomic mass is 15.3. The minimum absolute atomic E-state index is 0.909. The standard InChI is InChI=1S/C21H30N6/c1-22-21(23-11-6-14-27-15-7-12-24-27)26-18-16-25(17-19-26)13-5-10-20-8-3-2-4-9-20/h2-5,7-10,12,15H,6,11,13-14,16-19H2,1H3,(H,22,23). The first-order valence-electron chi connectivity index (χ1n) is 9.72. The minimum atomic E-state index is 0.909. The van der Waals surface area contributed by atoms with E-state index < -0.39 is 0 Å². The maximum atomic E-state index is 4.45. The van der Waals surface area contributed by atoms with Gasteiger partial charge in [-0.3, -0.25) is 14.6 Å². The maximum absolute atomic E-state index is 4.45. The fourth-order valence-electron chi connectivity index (χ4n) is 3.25. The van der Waals surface area contributed by atoms with Crippen LogP contribution in [0.5, 0.6) is 0 Å². The number of guanidine groups is 1. The van der Waals surface area contributed by atoms with Gasteiger partial charge in [0.1, 0.15) is 0 Å². The monoisotopic (exact) mass is 366 g/mol. The van der Waals surface area contributed by atoms with Crippen molar-refractivity contribution in [3.63, 3.8) is 0 Å². The van der Waals surface area contributed by atoms with E-state index in [1.807, 2.05) is 30.2 Å². The van der Waals surface area contributed by atoms with Crippen LogP contribution in [0.15, 0.2) is 59.9 Å². The number of piperazine rings is 1. The molecule has 1 N–H and O–H groups in total. The quantitative estimate of drug-likeness (QED) is 0.464. The molecule has 0 saturated carbocycles. The van der Waals surface area contributed by atoms with Crippen molar-refractivity contribution in [2.45, 2.75) is 13.0 Å². The molecule has 6 nitrogen and oxygen atoms in total. The van der Waals surface area contributed by atoms with Crippen molar-refractivity contribution in [2.24, 2.45) is 4.99 Å². The number of nitrogens with zero attached hydrogens (tertiary/aromatic N) is 5. The van der Waals surface area contributed by atoms with Crippen molar-refractivity contribution in [1.82, 2.24) is 24.9 Å². The Hall–Kier alpha value is -2.60. The number of aromatic nitrogens is 2. The molecule has 3 rings (SSSR count). The lowest BCUT2D eigenvalue weighted by molar-refractivity contribution is 0.194. The van der Waals surface area contributed by atoms with Gasteiger partial charge in [-0.25, -0.2) is 0 Å². The van der Waals surface area contributed by atoms with E-state index in [0.29, 0.717) is 0 Å². The molecule has 144 valence electrons. The summed E-state index contributed by atoms with van der Waals surface area (Å²) in [5.41, 5.74) is 1.26. The zero-order valence-corrected chi connectivity index (χ0v) is 16.2. The molecule has 0 spiro atoms. The van der Waals surface area contributed by atoms with Crippen molar-refractivity contribution < 1.29 is 0 Å². The van der Waals surface area contributed by atoms with Crippen LogP contribution in [0, 0.1) is 0 Å². The summed E-state index contributed by atoms with van der Waals surface area (Å²) in [6, 6.07) is 12.4. The summed E-state index contributed by atoms with van der Waals surface area (Å²) < 4.78 is 1.96. The van der Waals surface area contributed by atoms with Crippen LogP contribution in [0.4, 0.5) is 0 Å². The van der Waals surface area contributed by atoms with Gasteiger partial charge >= 0.3 is 0 Å². The van der Waals surface area contributed by atoms with Gasteiger partial charge in [0.15, 0.2) is 5.96 Å². The summed E-state index contributed by atoms with van der Waals surface area (Å²) in [4.78, 5) is 9.29. The van der Waals surface area contributed by atoms with E-state index in [0.717, 1.165) is 58.2 Å². The van der Waals surface area contributed by atoms with Gasteiger partial charge in [0.2, 0.25) is 0 Å². The molecule has 1 saturated heterocycles. The highest BCUT2D eigenvalue weighted by molar-refractivity contribution is 5.79. The van der Waals surface area contributed by atoms with Crippen LogP contribution in [-0.2, 0) is 6.54 Å². The first kappa shape index (κ1) is 19.2. The third-order valence-electron chi connectivity index (χ3n) is 4.76. The van der Waals surface area contributed by atoms with E-state index in [1.54, 1.807) is 0 Å². The Morgan fingerprint density at radius 3 is 2.67 bits per heavy atom. The van der Waals surface area contributed by atoms with E-state index in [9.17, 15) is 0 Å². The summed E-state index contributed by atoms with van der Waals surface area (Å²) in [6.07, 6.45) is 9.31. The second kappa shape index (κ2) is 10.5. The van der Waals surface area contributed by atoms with Gasteiger partial charge in [0, 0.05) is 65.3 Å². The molecular formula is C21H30N6. The van der Waals surface area contributed by atoms with E-state index >= 15 is 0 Å². The molecule has 1 fully saturated rings. The normalized spacial score (nSPS) is 16.2. The molecule has 6 heteroatoms. The summed E-state index contributed by atoms with van der Waals surface area (Å²) >= 11 is 0. The minimum Gasteiger partial charge on any atom is -0.356 e. The third-order valence-corrected chi connectivity index (χ3v) is 4.76. The Morgan fingerprint density at radius 1 is 1.15 bits per heavy atom. The lowest BCUT2D eigenvalue weighted by Gasteiger charge is -2.36. The largest absolute Gasteiger partial charge is 0.356 e. The summed E-state index contributed by atoms with van der Waals surface area (Å²) in [5.74, 6) is 1.01. The van der Waals surface area contributed by atoms with Gasteiger partial charge in [-0.15, -0.1) is 0 Å². The highest BCUT2D eigenvalue weighted by Crippen LogP contribution is 2.05. The van der Waals surface area contributed by atoms with Gasteiger partial charge in [-0.05, 0) is 18.1 Å². The lowest BCUT2D eigenvalue weighted by atomic mass is 10.2. The Balaban J connectivity index is 1.35. The van der Waals surface area contributed by atoms with E-state index in [1.165, 1.54) is 5.56 Å². The first-order valence-corrected chi connectivity index (χ1v) is 9.72. The number of rotatable bonds is 7. The number of aliphatic imine (C=N–C) groups is 1. The van der Waals surface area contributed by atoms with E-state index in [4.69, 9.17) is 0 Å². The van der Waals surface area contributed by atoms with Crippen LogP contribution in [-0.4, -0.2) is 71.9 Å². The summed E-state index contributed by atoms with van der Waals surface area (Å²) in [7, 11) is 1.87. The summed E-state index contributed by atoms with van der Waals surface area (Å²) in [5, 5.41) is 7.72. The van der Waals surface area contributed by atoms with Gasteiger partial charge < -0.3 is 10.2 Å². The van der Waals surface area contributed by atoms with E-state index in [2.05, 4.69) is 67.7 Å². The van der Waals surface area contributed by atoms with E-state index in [-0.39, 0.29) is 0 Å². The number of nitrogens with one attached hydrogen (secondary N) is 1. The fourth-order valence-corrected chi connectivity index (χ4v) is 3.25. The van der Waals surface area contributed by atoms with Crippen LogP contribution in [0.3, 0.4) is 0 Å². The molecule has 0 unspecified atom stereocenters. The van der Waals surface area contributed by atoms with Crippen LogP contribution >= 0.6 is 0 Å². The Labute approximate surface area is 162 Å². The van der Waals surface area contributed by atoms with Crippen LogP contribution in [0.2, 0.25) is 0 Å². The molecule has 1 aromatic carbocycles. The fraction of sp³-hybridized carbons (Fsp3) is 0.429. The molecule has 0 amide bonds. The number of hydrogen-bond donors (Lipinski definition) is 1. The topological polar surface area (TPSA) is 48.7 Å². The predicted octanol–water partition coefficient (Wildman–Crippen LogP) is 2.18. The summed E-state index contributed by atoms with van der Waals surface area (Å²) in [6.45, 7) is 6.99. The second-order valence-corrected chi connectivity index (χ2v) is 6.70. The zero-order valence-electron chi connectivity index (χ0n) is 16.2. The van der Waals surface area contributed by atoms with Gasteiger partial charge in [0.25, 0.3) is 0 Å². The highest BCUT2D eigenvalue weighted by Gasteiger charge is 2.18. The number of hydrogen-bond acceptors (Lipinski definition) is 3. The smallest absolute Gasteiger partial charge is 0.193 e. The van der Waals surface area contributed by atoms with Crippen molar-refractivity contribution in [1.29, 1.82) is 0 Å². The number of benzene rings is 1. The zero-order chi connectivity index (χ0) is 18.7. The molecule has 2 heterocycles. The molecule has 0 radical (unpaired) electrons. The van der Waals surface area contributed by atoms with Gasteiger partial charge in [-0.1, -0.05) is 42.5 Å². The molecule has 0 aliphatic carbocycles. The molecule has 1 aliphatic rings. The van der Waals surface area contributed by atoms with Crippen molar-refractivity contribution in [2.75, 3.05) is 46.3 Å². The molecular weight excluding hydrogens is 336 g/mol.